The molecule has 0 unspecified atom stereocenters. The van der Waals surface area contributed by atoms with Gasteiger partial charge in [-0.05, 0) is 44.3 Å². The van der Waals surface area contributed by atoms with Crippen molar-refractivity contribution in [2.75, 3.05) is 19.7 Å². The minimum atomic E-state index is 0.311. The summed E-state index contributed by atoms with van der Waals surface area (Å²) < 4.78 is 0. The lowest BCUT2D eigenvalue weighted by Gasteiger charge is -2.04. The van der Waals surface area contributed by atoms with Gasteiger partial charge in [-0.3, -0.25) is 0 Å². The van der Waals surface area contributed by atoms with Gasteiger partial charge in [0, 0.05) is 6.61 Å². The third-order valence-electron chi connectivity index (χ3n) is 2.42. The molecule has 0 saturated heterocycles. The number of aryl methyl sites for hydroxylation is 1. The molecule has 0 fully saturated rings. The van der Waals surface area contributed by atoms with Crippen LogP contribution in [0.5, 0.6) is 0 Å². The van der Waals surface area contributed by atoms with Crippen LogP contribution < -0.4 is 5.32 Å². The van der Waals surface area contributed by atoms with Gasteiger partial charge in [0.25, 0.3) is 0 Å². The maximum Gasteiger partial charge on any atom is 0.0431 e. The van der Waals surface area contributed by atoms with Gasteiger partial charge < -0.3 is 10.4 Å². The minimum Gasteiger partial charge on any atom is -0.396 e. The van der Waals surface area contributed by atoms with Gasteiger partial charge in [-0.1, -0.05) is 30.3 Å². The van der Waals surface area contributed by atoms with Crippen LogP contribution in [0, 0.1) is 0 Å². The Morgan fingerprint density at radius 3 is 2.40 bits per heavy atom. The van der Waals surface area contributed by atoms with E-state index in [9.17, 15) is 0 Å². The third kappa shape index (κ3) is 6.26. The Morgan fingerprint density at radius 1 is 0.933 bits per heavy atom. The first kappa shape index (κ1) is 12.2. The number of hydrogen-bond acceptors (Lipinski definition) is 2. The molecule has 0 aromatic heterocycles. The van der Waals surface area contributed by atoms with Crippen molar-refractivity contribution >= 4 is 0 Å². The Bertz CT molecular complexity index is 236. The molecule has 0 amide bonds. The molecule has 0 bridgehead atoms. The van der Waals surface area contributed by atoms with E-state index in [1.807, 2.05) is 0 Å². The van der Waals surface area contributed by atoms with Crippen molar-refractivity contribution in [3.63, 3.8) is 0 Å². The molecule has 0 atom stereocenters. The molecule has 0 aliphatic heterocycles. The van der Waals surface area contributed by atoms with Gasteiger partial charge in [0.05, 0.1) is 0 Å². The monoisotopic (exact) mass is 207 g/mol. The topological polar surface area (TPSA) is 32.3 Å². The summed E-state index contributed by atoms with van der Waals surface area (Å²) in [7, 11) is 0. The molecule has 0 aliphatic carbocycles. The second-order valence-electron chi connectivity index (χ2n) is 3.77. The SMILES string of the molecule is OCCCCNCCCc1ccccc1. The highest BCUT2D eigenvalue weighted by Gasteiger charge is 1.91. The average Bonchev–Trinajstić information content (AvgIpc) is 2.29. The minimum absolute atomic E-state index is 0.311. The molecule has 0 saturated carbocycles. The highest BCUT2D eigenvalue weighted by molar-refractivity contribution is 5.14. The lowest BCUT2D eigenvalue weighted by atomic mass is 10.1. The van der Waals surface area contributed by atoms with E-state index in [1.165, 1.54) is 12.0 Å². The highest BCUT2D eigenvalue weighted by atomic mass is 16.2. The van der Waals surface area contributed by atoms with Gasteiger partial charge in [0.2, 0.25) is 0 Å². The van der Waals surface area contributed by atoms with Crippen LogP contribution >= 0.6 is 0 Å². The quantitative estimate of drug-likeness (QED) is 0.639. The number of aliphatic hydroxyl groups is 1. The fraction of sp³-hybridized carbons (Fsp3) is 0.538. The summed E-state index contributed by atoms with van der Waals surface area (Å²) >= 11 is 0. The molecule has 0 radical (unpaired) electrons. The molecular weight excluding hydrogens is 186 g/mol. The van der Waals surface area contributed by atoms with Gasteiger partial charge in [0.15, 0.2) is 0 Å². The molecular formula is C13H21NO. The first-order chi connectivity index (χ1) is 7.43. The lowest BCUT2D eigenvalue weighted by molar-refractivity contribution is 0.283. The molecule has 1 aromatic rings. The third-order valence-corrected chi connectivity index (χ3v) is 2.42. The van der Waals surface area contributed by atoms with Crippen molar-refractivity contribution in [3.05, 3.63) is 35.9 Å². The molecule has 0 heterocycles. The van der Waals surface area contributed by atoms with Crippen LogP contribution in [0.4, 0.5) is 0 Å². The normalized spacial score (nSPS) is 10.5. The second kappa shape index (κ2) is 8.45. The van der Waals surface area contributed by atoms with Crippen LogP contribution in [-0.4, -0.2) is 24.8 Å². The summed E-state index contributed by atoms with van der Waals surface area (Å²) in [5.41, 5.74) is 1.41. The second-order valence-corrected chi connectivity index (χ2v) is 3.77. The van der Waals surface area contributed by atoms with Gasteiger partial charge >= 0.3 is 0 Å². The summed E-state index contributed by atoms with van der Waals surface area (Å²) in [4.78, 5) is 0. The Morgan fingerprint density at radius 2 is 1.67 bits per heavy atom. The predicted molar refractivity (Wildman–Crippen MR) is 64.0 cm³/mol. The Balaban J connectivity index is 1.93. The molecule has 2 nitrogen and oxygen atoms in total. The van der Waals surface area contributed by atoms with Crippen LogP contribution in [0.15, 0.2) is 30.3 Å². The zero-order valence-electron chi connectivity index (χ0n) is 9.28. The van der Waals surface area contributed by atoms with Crippen molar-refractivity contribution < 1.29 is 5.11 Å². The van der Waals surface area contributed by atoms with E-state index >= 15 is 0 Å². The number of unbranched alkanes of at least 4 members (excludes halogenated alkanes) is 1. The number of hydrogen-bond donors (Lipinski definition) is 2. The number of nitrogens with one attached hydrogen (secondary N) is 1. The van der Waals surface area contributed by atoms with Crippen molar-refractivity contribution in [2.45, 2.75) is 25.7 Å². The molecule has 0 aliphatic rings. The van der Waals surface area contributed by atoms with Crippen molar-refractivity contribution in [3.8, 4) is 0 Å². The average molecular weight is 207 g/mol. The summed E-state index contributed by atoms with van der Waals surface area (Å²) in [6.45, 7) is 2.40. The zero-order valence-corrected chi connectivity index (χ0v) is 9.28. The smallest absolute Gasteiger partial charge is 0.0431 e. The van der Waals surface area contributed by atoms with Crippen molar-refractivity contribution in [1.29, 1.82) is 0 Å². The van der Waals surface area contributed by atoms with E-state index in [-0.39, 0.29) is 0 Å². The molecule has 1 rings (SSSR count). The maximum absolute atomic E-state index is 8.59. The maximum atomic E-state index is 8.59. The Hall–Kier alpha value is -0.860. The van der Waals surface area contributed by atoms with E-state index < -0.39 is 0 Å². The van der Waals surface area contributed by atoms with Gasteiger partial charge in [-0.2, -0.15) is 0 Å². The molecule has 2 heteroatoms. The van der Waals surface area contributed by atoms with E-state index in [4.69, 9.17) is 5.11 Å². The first-order valence-corrected chi connectivity index (χ1v) is 5.79. The molecule has 1 aromatic carbocycles. The zero-order chi connectivity index (χ0) is 10.8. The van der Waals surface area contributed by atoms with E-state index in [0.717, 1.165) is 32.4 Å². The molecule has 15 heavy (non-hydrogen) atoms. The van der Waals surface area contributed by atoms with E-state index in [2.05, 4.69) is 35.6 Å². The summed E-state index contributed by atoms with van der Waals surface area (Å²) in [5, 5.41) is 12.0. The van der Waals surface area contributed by atoms with Crippen molar-refractivity contribution in [2.24, 2.45) is 0 Å². The first-order valence-electron chi connectivity index (χ1n) is 5.79. The van der Waals surface area contributed by atoms with Gasteiger partial charge in [0.1, 0.15) is 0 Å². The highest BCUT2D eigenvalue weighted by Crippen LogP contribution is 2.01. The summed E-state index contributed by atoms with van der Waals surface area (Å²) in [6, 6.07) is 10.6. The summed E-state index contributed by atoms with van der Waals surface area (Å²) in [6.07, 6.45) is 4.31. The Kier molecular flexibility index (Phi) is 6.88. The van der Waals surface area contributed by atoms with Crippen molar-refractivity contribution in [1.82, 2.24) is 5.32 Å². The van der Waals surface area contributed by atoms with Gasteiger partial charge in [-0.15, -0.1) is 0 Å². The summed E-state index contributed by atoms with van der Waals surface area (Å²) in [5.74, 6) is 0. The van der Waals surface area contributed by atoms with E-state index in [0.29, 0.717) is 6.61 Å². The predicted octanol–water partition coefficient (Wildman–Crippen LogP) is 1.98. The number of aliphatic hydroxyl groups excluding tert-OH is 1. The lowest BCUT2D eigenvalue weighted by Crippen LogP contribution is -2.17. The standard InChI is InChI=1S/C13H21NO/c15-12-5-4-10-14-11-6-9-13-7-2-1-3-8-13/h1-3,7-8,14-15H,4-6,9-12H2. The van der Waals surface area contributed by atoms with Crippen LogP contribution in [0.25, 0.3) is 0 Å². The Labute approximate surface area is 92.3 Å². The molecule has 0 spiro atoms. The van der Waals surface area contributed by atoms with Crippen LogP contribution in [0.2, 0.25) is 0 Å². The fourth-order valence-corrected chi connectivity index (χ4v) is 1.55. The fourth-order valence-electron chi connectivity index (χ4n) is 1.55. The number of rotatable bonds is 8. The van der Waals surface area contributed by atoms with Crippen LogP contribution in [0.3, 0.4) is 0 Å². The van der Waals surface area contributed by atoms with Crippen LogP contribution in [0.1, 0.15) is 24.8 Å². The molecule has 84 valence electrons. The van der Waals surface area contributed by atoms with Gasteiger partial charge in [-0.25, -0.2) is 0 Å². The largest absolute Gasteiger partial charge is 0.396 e. The van der Waals surface area contributed by atoms with E-state index in [1.54, 1.807) is 0 Å². The number of benzene rings is 1. The van der Waals surface area contributed by atoms with Crippen LogP contribution in [-0.2, 0) is 6.42 Å². The molecule has 2 N–H and O–H groups in total.